The van der Waals surface area contributed by atoms with Crippen LogP contribution in [0.3, 0.4) is 0 Å². The van der Waals surface area contributed by atoms with Gasteiger partial charge >= 0.3 is 12.4 Å². The van der Waals surface area contributed by atoms with E-state index in [-0.39, 0.29) is 29.0 Å². The van der Waals surface area contributed by atoms with Crippen LogP contribution in [0.15, 0.2) is 18.2 Å². The van der Waals surface area contributed by atoms with Crippen molar-refractivity contribution >= 4 is 11.8 Å². The van der Waals surface area contributed by atoms with Gasteiger partial charge in [-0.2, -0.15) is 26.3 Å². The number of hydrogen-bond acceptors (Lipinski definition) is 2. The Hall–Kier alpha value is -2.26. The first kappa shape index (κ1) is 30.8. The van der Waals surface area contributed by atoms with Crippen molar-refractivity contribution in [3.8, 4) is 0 Å². The van der Waals surface area contributed by atoms with Gasteiger partial charge in [0, 0.05) is 23.6 Å². The molecule has 0 radical (unpaired) electrons. The average Bonchev–Trinajstić information content (AvgIpc) is 3.37. The maximum absolute atomic E-state index is 12.9. The molecular formula is C25H36F6N2O2. The number of nitrogens with one attached hydrogen (secondary N) is 2. The van der Waals surface area contributed by atoms with Gasteiger partial charge in [-0.3, -0.25) is 9.59 Å². The van der Waals surface area contributed by atoms with Gasteiger partial charge < -0.3 is 10.6 Å². The average molecular weight is 511 g/mol. The molecule has 4 nitrogen and oxygen atoms in total. The molecule has 0 unspecified atom stereocenters. The van der Waals surface area contributed by atoms with E-state index in [1.807, 2.05) is 41.5 Å². The van der Waals surface area contributed by atoms with E-state index in [9.17, 15) is 35.9 Å². The van der Waals surface area contributed by atoms with Gasteiger partial charge in [0.1, 0.15) is 0 Å². The first-order valence-corrected chi connectivity index (χ1v) is 11.8. The molecule has 200 valence electrons. The van der Waals surface area contributed by atoms with Crippen molar-refractivity contribution in [1.29, 1.82) is 0 Å². The Morgan fingerprint density at radius 3 is 1.66 bits per heavy atom. The molecule has 0 heterocycles. The van der Waals surface area contributed by atoms with Crippen LogP contribution in [0.2, 0.25) is 0 Å². The molecule has 10 heteroatoms. The van der Waals surface area contributed by atoms with Crippen LogP contribution in [0.25, 0.3) is 0 Å². The summed E-state index contributed by atoms with van der Waals surface area (Å²) in [5, 5.41) is 5.44. The number of benzene rings is 1. The molecule has 1 atom stereocenters. The fourth-order valence-electron chi connectivity index (χ4n) is 4.06. The summed E-state index contributed by atoms with van der Waals surface area (Å²) < 4.78 is 77.4. The second-order valence-electron chi connectivity index (χ2n) is 10.0. The standard InChI is InChI=1S/C18H21F6NO.C7H15NO/c1-3-5-16(6-4-2)10-14(16)25-15(26)11-7-12(17(19,20)21)9-13(8-11)18(22,23)24;1-5-6(9)8-7(2,3)4/h7-9,14H,3-6,10H2,1-2H3,(H,25,26);5H2,1-4H3,(H,8,9)/t14-;/m0./s1. The molecule has 0 aliphatic heterocycles. The lowest BCUT2D eigenvalue weighted by Gasteiger charge is -2.19. The van der Waals surface area contributed by atoms with Crippen molar-refractivity contribution in [2.75, 3.05) is 0 Å². The monoisotopic (exact) mass is 510 g/mol. The zero-order valence-corrected chi connectivity index (χ0v) is 21.1. The Kier molecular flexibility index (Phi) is 10.2. The summed E-state index contributed by atoms with van der Waals surface area (Å²) in [7, 11) is 0. The topological polar surface area (TPSA) is 58.2 Å². The smallest absolute Gasteiger partial charge is 0.352 e. The highest BCUT2D eigenvalue weighted by Crippen LogP contribution is 2.53. The summed E-state index contributed by atoms with van der Waals surface area (Å²) in [4.78, 5) is 23.0. The van der Waals surface area contributed by atoms with Gasteiger partial charge in [0.15, 0.2) is 0 Å². The minimum absolute atomic E-state index is 0.0202. The lowest BCUT2D eigenvalue weighted by Crippen LogP contribution is -2.40. The third-order valence-corrected chi connectivity index (χ3v) is 5.68. The maximum Gasteiger partial charge on any atom is 0.416 e. The van der Waals surface area contributed by atoms with E-state index in [0.717, 1.165) is 25.7 Å². The highest BCUT2D eigenvalue weighted by molar-refractivity contribution is 5.95. The molecule has 35 heavy (non-hydrogen) atoms. The highest BCUT2D eigenvalue weighted by atomic mass is 19.4. The van der Waals surface area contributed by atoms with E-state index in [1.54, 1.807) is 0 Å². The highest BCUT2D eigenvalue weighted by Gasteiger charge is 2.53. The van der Waals surface area contributed by atoms with Crippen LogP contribution in [0.1, 0.15) is 102 Å². The number of carbonyl (C=O) groups is 2. The van der Waals surface area contributed by atoms with Crippen molar-refractivity contribution < 1.29 is 35.9 Å². The summed E-state index contributed by atoms with van der Waals surface area (Å²) >= 11 is 0. The van der Waals surface area contributed by atoms with Crippen LogP contribution in [0.4, 0.5) is 26.3 Å². The fourth-order valence-corrected chi connectivity index (χ4v) is 4.06. The first-order chi connectivity index (χ1) is 15.9. The van der Waals surface area contributed by atoms with Crippen molar-refractivity contribution in [1.82, 2.24) is 10.6 Å². The summed E-state index contributed by atoms with van der Waals surface area (Å²) in [5.74, 6) is -0.789. The van der Waals surface area contributed by atoms with Gasteiger partial charge in [-0.25, -0.2) is 0 Å². The summed E-state index contributed by atoms with van der Waals surface area (Å²) in [6.45, 7) is 11.8. The van der Waals surface area contributed by atoms with Crippen LogP contribution < -0.4 is 10.6 Å². The molecule has 0 bridgehead atoms. The molecule has 1 aliphatic rings. The molecule has 1 fully saturated rings. The van der Waals surface area contributed by atoms with Crippen LogP contribution in [-0.4, -0.2) is 23.4 Å². The third kappa shape index (κ3) is 9.72. The number of rotatable bonds is 7. The second kappa shape index (κ2) is 11.6. The van der Waals surface area contributed by atoms with Crippen LogP contribution in [0.5, 0.6) is 0 Å². The Balaban J connectivity index is 0.000000579. The Labute approximate surface area is 203 Å². The Morgan fingerprint density at radius 2 is 1.34 bits per heavy atom. The predicted molar refractivity (Wildman–Crippen MR) is 123 cm³/mol. The van der Waals surface area contributed by atoms with Crippen molar-refractivity contribution in [2.24, 2.45) is 5.41 Å². The van der Waals surface area contributed by atoms with Crippen molar-refractivity contribution in [3.63, 3.8) is 0 Å². The molecular weight excluding hydrogens is 474 g/mol. The van der Waals surface area contributed by atoms with Gasteiger partial charge in [-0.1, -0.05) is 33.6 Å². The van der Waals surface area contributed by atoms with Gasteiger partial charge in [-0.15, -0.1) is 0 Å². The fraction of sp³-hybridized carbons (Fsp3) is 0.680. The van der Waals surface area contributed by atoms with E-state index < -0.39 is 35.0 Å². The first-order valence-electron chi connectivity index (χ1n) is 11.8. The quantitative estimate of drug-likeness (QED) is 0.384. The van der Waals surface area contributed by atoms with Crippen molar-refractivity contribution in [3.05, 3.63) is 34.9 Å². The Bertz CT molecular complexity index is 834. The minimum atomic E-state index is -4.97. The summed E-state index contributed by atoms with van der Waals surface area (Å²) in [6, 6.07) is 0.744. The maximum atomic E-state index is 12.9. The molecule has 1 aromatic carbocycles. The zero-order chi connectivity index (χ0) is 27.2. The molecule has 1 saturated carbocycles. The minimum Gasteiger partial charge on any atom is -0.352 e. The molecule has 2 rings (SSSR count). The van der Waals surface area contributed by atoms with Crippen LogP contribution in [0, 0.1) is 5.41 Å². The zero-order valence-electron chi connectivity index (χ0n) is 21.1. The van der Waals surface area contributed by atoms with Crippen molar-refractivity contribution in [2.45, 2.75) is 104 Å². The van der Waals surface area contributed by atoms with Crippen LogP contribution >= 0.6 is 0 Å². The molecule has 2 amide bonds. The SMILES string of the molecule is CCC(=O)NC(C)(C)C.CCCC1(CCC)C[C@@H]1NC(=O)c1cc(C(F)(F)F)cc(C(F)(F)F)c1. The lowest BCUT2D eigenvalue weighted by molar-refractivity contribution is -0.143. The largest absolute Gasteiger partial charge is 0.416 e. The summed E-state index contributed by atoms with van der Waals surface area (Å²) in [5.41, 5.74) is -3.76. The van der Waals surface area contributed by atoms with E-state index in [1.165, 1.54) is 0 Å². The molecule has 0 saturated heterocycles. The van der Waals surface area contributed by atoms with Gasteiger partial charge in [0.25, 0.3) is 5.91 Å². The third-order valence-electron chi connectivity index (χ3n) is 5.68. The van der Waals surface area contributed by atoms with Crippen LogP contribution in [-0.2, 0) is 17.1 Å². The van der Waals surface area contributed by atoms with E-state index in [0.29, 0.717) is 25.0 Å². The number of carbonyl (C=O) groups excluding carboxylic acids is 2. The van der Waals surface area contributed by atoms with Gasteiger partial charge in [0.2, 0.25) is 5.91 Å². The number of halogens is 6. The summed E-state index contributed by atoms with van der Waals surface area (Å²) in [6.07, 6.45) is -5.15. The lowest BCUT2D eigenvalue weighted by atomic mass is 9.94. The normalized spacial score (nSPS) is 17.2. The van der Waals surface area contributed by atoms with Gasteiger partial charge in [0.05, 0.1) is 11.1 Å². The number of alkyl halides is 6. The van der Waals surface area contributed by atoms with E-state index in [4.69, 9.17) is 0 Å². The number of amides is 2. The molecule has 2 N–H and O–H groups in total. The Morgan fingerprint density at radius 1 is 0.886 bits per heavy atom. The number of hydrogen-bond donors (Lipinski definition) is 2. The molecule has 0 spiro atoms. The van der Waals surface area contributed by atoms with E-state index in [2.05, 4.69) is 10.6 Å². The van der Waals surface area contributed by atoms with Gasteiger partial charge in [-0.05, 0) is 63.6 Å². The second-order valence-corrected chi connectivity index (χ2v) is 10.0. The molecule has 1 aromatic rings. The molecule has 1 aliphatic carbocycles. The van der Waals surface area contributed by atoms with E-state index >= 15 is 0 Å². The molecule has 0 aromatic heterocycles. The predicted octanol–water partition coefficient (Wildman–Crippen LogP) is 7.12.